The summed E-state index contributed by atoms with van der Waals surface area (Å²) in [5.74, 6) is 2.68. The number of methoxy groups -OCH3 is 3. The molecular formula is C24H26N2O6. The highest BCUT2D eigenvalue weighted by molar-refractivity contribution is 6.09. The van der Waals surface area contributed by atoms with Gasteiger partial charge in [-0.3, -0.25) is 9.78 Å². The monoisotopic (exact) mass is 438 g/mol. The summed E-state index contributed by atoms with van der Waals surface area (Å²) < 4.78 is 27.9. The lowest BCUT2D eigenvalue weighted by Crippen LogP contribution is -2.15. The summed E-state index contributed by atoms with van der Waals surface area (Å²) in [6.45, 7) is 4.47. The van der Waals surface area contributed by atoms with Crippen LogP contribution in [-0.2, 0) is 6.42 Å². The van der Waals surface area contributed by atoms with E-state index in [4.69, 9.17) is 28.7 Å². The topological polar surface area (TPSA) is 88.1 Å². The zero-order valence-electron chi connectivity index (χ0n) is 18.8. The summed E-state index contributed by atoms with van der Waals surface area (Å²) in [6.07, 6.45) is 0.600. The standard InChI is InChI=1S/C24H26N2O6/c1-6-16-22(13(2)27)23(15-11-18-19(12-17(15)26-16)32-8-7-31-18)25-14-9-20(28-3)24(30-5)21(10-14)29-4/h9-12H,6-8H2,1-5H3,(H,25,26). The molecule has 1 aliphatic rings. The largest absolute Gasteiger partial charge is 0.493 e. The minimum atomic E-state index is -0.0823. The Kier molecular flexibility index (Phi) is 5.94. The van der Waals surface area contributed by atoms with Crippen molar-refractivity contribution in [3.05, 3.63) is 35.5 Å². The predicted octanol–water partition coefficient (Wildman–Crippen LogP) is 4.54. The molecule has 4 rings (SSSR count). The number of carbonyl (C=O) groups is 1. The number of benzene rings is 2. The number of rotatable bonds is 7. The molecule has 0 amide bonds. The van der Waals surface area contributed by atoms with E-state index in [-0.39, 0.29) is 5.78 Å². The summed E-state index contributed by atoms with van der Waals surface area (Å²) in [5.41, 5.74) is 3.27. The van der Waals surface area contributed by atoms with E-state index in [1.165, 1.54) is 0 Å². The highest BCUT2D eigenvalue weighted by atomic mass is 16.6. The Bertz CT molecular complexity index is 1170. The van der Waals surface area contributed by atoms with Gasteiger partial charge in [0.25, 0.3) is 0 Å². The number of nitrogens with zero attached hydrogens (tertiary/aromatic N) is 1. The maximum absolute atomic E-state index is 12.7. The Morgan fingerprint density at radius 3 is 2.16 bits per heavy atom. The number of pyridine rings is 1. The Morgan fingerprint density at radius 1 is 1.00 bits per heavy atom. The van der Waals surface area contributed by atoms with E-state index >= 15 is 0 Å². The molecule has 3 aromatic rings. The number of fused-ring (bicyclic) bond motifs is 2. The molecule has 0 fully saturated rings. The fourth-order valence-corrected chi connectivity index (χ4v) is 3.91. The summed E-state index contributed by atoms with van der Waals surface area (Å²) in [5, 5.41) is 4.16. The maximum Gasteiger partial charge on any atom is 0.203 e. The number of ether oxygens (including phenoxy) is 5. The van der Waals surface area contributed by atoms with E-state index < -0.39 is 0 Å². The number of carbonyl (C=O) groups excluding carboxylic acids is 1. The molecule has 2 heterocycles. The van der Waals surface area contributed by atoms with Gasteiger partial charge in [0.2, 0.25) is 5.75 Å². The number of Topliss-reactive ketones (excluding diaryl/α,β-unsaturated/α-hetero) is 1. The van der Waals surface area contributed by atoms with E-state index in [1.54, 1.807) is 40.4 Å². The van der Waals surface area contributed by atoms with Crippen LogP contribution in [0.1, 0.15) is 29.9 Å². The van der Waals surface area contributed by atoms with E-state index in [0.29, 0.717) is 76.5 Å². The van der Waals surface area contributed by atoms with Gasteiger partial charge in [0, 0.05) is 29.3 Å². The highest BCUT2D eigenvalue weighted by Gasteiger charge is 2.23. The van der Waals surface area contributed by atoms with Crippen molar-refractivity contribution in [1.29, 1.82) is 0 Å². The van der Waals surface area contributed by atoms with Crippen molar-refractivity contribution in [2.45, 2.75) is 20.3 Å². The van der Waals surface area contributed by atoms with Gasteiger partial charge < -0.3 is 29.0 Å². The lowest BCUT2D eigenvalue weighted by molar-refractivity contribution is 0.101. The molecule has 0 spiro atoms. The second-order valence-corrected chi connectivity index (χ2v) is 7.27. The van der Waals surface area contributed by atoms with Crippen LogP contribution in [-0.4, -0.2) is 45.3 Å². The van der Waals surface area contributed by atoms with Gasteiger partial charge in [-0.15, -0.1) is 0 Å². The number of hydrogen-bond donors (Lipinski definition) is 1. The van der Waals surface area contributed by atoms with Crippen LogP contribution in [0.15, 0.2) is 24.3 Å². The third-order valence-electron chi connectivity index (χ3n) is 5.34. The van der Waals surface area contributed by atoms with Crippen molar-refractivity contribution in [3.63, 3.8) is 0 Å². The normalized spacial score (nSPS) is 12.4. The first-order chi connectivity index (χ1) is 15.5. The highest BCUT2D eigenvalue weighted by Crippen LogP contribution is 2.43. The van der Waals surface area contributed by atoms with Gasteiger partial charge in [-0.1, -0.05) is 6.92 Å². The second-order valence-electron chi connectivity index (χ2n) is 7.27. The van der Waals surface area contributed by atoms with Crippen molar-refractivity contribution >= 4 is 28.1 Å². The number of anilines is 2. The third kappa shape index (κ3) is 3.72. The molecule has 0 saturated heterocycles. The van der Waals surface area contributed by atoms with Crippen molar-refractivity contribution < 1.29 is 28.5 Å². The minimum absolute atomic E-state index is 0.0823. The Hall–Kier alpha value is -3.68. The van der Waals surface area contributed by atoms with Gasteiger partial charge >= 0.3 is 0 Å². The van der Waals surface area contributed by atoms with Gasteiger partial charge in [-0.25, -0.2) is 0 Å². The average molecular weight is 438 g/mol. The molecular weight excluding hydrogens is 412 g/mol. The zero-order chi connectivity index (χ0) is 22.8. The van der Waals surface area contributed by atoms with E-state index in [2.05, 4.69) is 5.32 Å². The summed E-state index contributed by atoms with van der Waals surface area (Å²) in [7, 11) is 4.67. The van der Waals surface area contributed by atoms with E-state index in [1.807, 2.05) is 19.1 Å². The first-order valence-electron chi connectivity index (χ1n) is 10.3. The number of aryl methyl sites for hydroxylation is 1. The van der Waals surface area contributed by atoms with E-state index in [9.17, 15) is 4.79 Å². The molecule has 1 aliphatic heterocycles. The van der Waals surface area contributed by atoms with Crippen LogP contribution < -0.4 is 29.0 Å². The maximum atomic E-state index is 12.7. The van der Waals surface area contributed by atoms with Crippen LogP contribution in [0.4, 0.5) is 11.4 Å². The second kappa shape index (κ2) is 8.82. The molecule has 168 valence electrons. The van der Waals surface area contributed by atoms with Crippen LogP contribution in [0.5, 0.6) is 28.7 Å². The summed E-state index contributed by atoms with van der Waals surface area (Å²) in [6, 6.07) is 7.30. The van der Waals surface area contributed by atoms with E-state index in [0.717, 1.165) is 5.39 Å². The molecule has 0 bridgehead atoms. The van der Waals surface area contributed by atoms with Crippen LogP contribution in [0.2, 0.25) is 0 Å². The van der Waals surface area contributed by atoms with Crippen LogP contribution in [0, 0.1) is 0 Å². The lowest BCUT2D eigenvalue weighted by atomic mass is 10.00. The number of ketones is 1. The molecule has 0 saturated carbocycles. The van der Waals surface area contributed by atoms with Gasteiger partial charge in [-0.05, 0) is 19.4 Å². The van der Waals surface area contributed by atoms with Crippen molar-refractivity contribution in [2.24, 2.45) is 0 Å². The minimum Gasteiger partial charge on any atom is -0.493 e. The van der Waals surface area contributed by atoms with Crippen LogP contribution >= 0.6 is 0 Å². The molecule has 0 radical (unpaired) electrons. The van der Waals surface area contributed by atoms with Crippen molar-refractivity contribution in [2.75, 3.05) is 39.9 Å². The van der Waals surface area contributed by atoms with Crippen LogP contribution in [0.3, 0.4) is 0 Å². The number of aromatic nitrogens is 1. The lowest BCUT2D eigenvalue weighted by Gasteiger charge is -2.22. The van der Waals surface area contributed by atoms with Gasteiger partial charge in [0.05, 0.1) is 43.8 Å². The Morgan fingerprint density at radius 2 is 1.62 bits per heavy atom. The fraction of sp³-hybridized carbons (Fsp3) is 0.333. The third-order valence-corrected chi connectivity index (χ3v) is 5.34. The van der Waals surface area contributed by atoms with Crippen molar-refractivity contribution in [3.8, 4) is 28.7 Å². The molecule has 0 unspecified atom stereocenters. The Labute approximate surface area is 186 Å². The SMILES string of the molecule is CCc1nc2cc3c(cc2c(Nc2cc(OC)c(OC)c(OC)c2)c1C(C)=O)OCCO3. The summed E-state index contributed by atoms with van der Waals surface area (Å²) in [4.78, 5) is 17.5. The molecule has 1 aromatic heterocycles. The van der Waals surface area contributed by atoms with Gasteiger partial charge in [0.15, 0.2) is 28.8 Å². The molecule has 1 N–H and O–H groups in total. The molecule has 8 heteroatoms. The first-order valence-corrected chi connectivity index (χ1v) is 10.3. The Balaban J connectivity index is 1.96. The molecule has 8 nitrogen and oxygen atoms in total. The predicted molar refractivity (Wildman–Crippen MR) is 121 cm³/mol. The molecule has 2 aromatic carbocycles. The van der Waals surface area contributed by atoms with Crippen molar-refractivity contribution in [1.82, 2.24) is 4.98 Å². The van der Waals surface area contributed by atoms with Gasteiger partial charge in [-0.2, -0.15) is 0 Å². The fourth-order valence-electron chi connectivity index (χ4n) is 3.91. The first kappa shape index (κ1) is 21.5. The zero-order valence-corrected chi connectivity index (χ0v) is 18.8. The van der Waals surface area contributed by atoms with Gasteiger partial charge in [0.1, 0.15) is 13.2 Å². The number of hydrogen-bond acceptors (Lipinski definition) is 8. The molecule has 0 aliphatic carbocycles. The average Bonchev–Trinajstić information content (AvgIpc) is 2.81. The quantitative estimate of drug-likeness (QED) is 0.538. The number of nitrogens with one attached hydrogen (secondary N) is 1. The summed E-state index contributed by atoms with van der Waals surface area (Å²) >= 11 is 0. The molecule has 0 atom stereocenters. The smallest absolute Gasteiger partial charge is 0.203 e. The van der Waals surface area contributed by atoms with Crippen LogP contribution in [0.25, 0.3) is 10.9 Å². The molecule has 32 heavy (non-hydrogen) atoms.